The molecule has 2 amide bonds. The number of amides is 2. The molecule has 0 unspecified atom stereocenters. The van der Waals surface area contributed by atoms with E-state index in [1.165, 1.54) is 0 Å². The van der Waals surface area contributed by atoms with Crippen LogP contribution in [0.2, 0.25) is 0 Å². The minimum atomic E-state index is -0.310. The maximum atomic E-state index is 12.3. The number of hydrogen-bond acceptors (Lipinski definition) is 5. The van der Waals surface area contributed by atoms with Crippen LogP contribution in [0.3, 0.4) is 0 Å². The van der Waals surface area contributed by atoms with E-state index in [2.05, 4.69) is 10.00 Å². The Kier molecular flexibility index (Phi) is 5.93. The predicted octanol–water partition coefficient (Wildman–Crippen LogP) is -0.121. The predicted molar refractivity (Wildman–Crippen MR) is 96.1 cm³/mol. The normalized spacial score (nSPS) is 20.5. The Bertz CT molecular complexity index is 651. The van der Waals surface area contributed by atoms with Crippen molar-refractivity contribution in [2.45, 2.75) is 64.3 Å². The lowest BCUT2D eigenvalue weighted by atomic mass is 10.1. The topological polar surface area (TPSA) is 105 Å². The molecule has 1 aromatic heterocycles. The largest absolute Gasteiger partial charge is 0.393 e. The van der Waals surface area contributed by atoms with E-state index in [9.17, 15) is 14.7 Å². The molecule has 2 aliphatic rings. The van der Waals surface area contributed by atoms with Crippen LogP contribution in [-0.2, 0) is 29.1 Å². The summed E-state index contributed by atoms with van der Waals surface area (Å²) < 4.78 is 1.99. The summed E-state index contributed by atoms with van der Waals surface area (Å²) in [5.74, 6) is -0.181. The summed E-state index contributed by atoms with van der Waals surface area (Å²) in [5.41, 5.74) is 7.43. The van der Waals surface area contributed by atoms with Crippen LogP contribution < -0.4 is 5.73 Å². The van der Waals surface area contributed by atoms with Crippen molar-refractivity contribution >= 4 is 11.8 Å². The average molecular weight is 363 g/mol. The molecule has 0 radical (unpaired) electrons. The first kappa shape index (κ1) is 18.8. The molecular formula is C18H29N5O3. The molecule has 0 aliphatic carbocycles. The lowest BCUT2D eigenvalue weighted by Gasteiger charge is -2.29. The van der Waals surface area contributed by atoms with Gasteiger partial charge in [0.25, 0.3) is 0 Å². The molecule has 0 spiro atoms. The maximum Gasteiger partial charge on any atom is 0.234 e. The van der Waals surface area contributed by atoms with E-state index < -0.39 is 0 Å². The minimum absolute atomic E-state index is 0.129. The number of aliphatic hydroxyl groups is 1. The fraction of sp³-hybridized carbons (Fsp3) is 0.722. The number of nitrogens with two attached hydrogens (primary N) is 1. The summed E-state index contributed by atoms with van der Waals surface area (Å²) in [6.45, 7) is 5.40. The van der Waals surface area contributed by atoms with Crippen LogP contribution in [-0.4, -0.2) is 68.3 Å². The Hall–Kier alpha value is -1.93. The molecule has 144 valence electrons. The van der Waals surface area contributed by atoms with E-state index in [1.54, 1.807) is 0 Å². The quantitative estimate of drug-likeness (QED) is 0.759. The Labute approximate surface area is 153 Å². The van der Waals surface area contributed by atoms with Crippen LogP contribution in [0.15, 0.2) is 6.07 Å². The van der Waals surface area contributed by atoms with E-state index in [0.29, 0.717) is 45.3 Å². The summed E-state index contributed by atoms with van der Waals surface area (Å²) in [4.78, 5) is 27.7. The van der Waals surface area contributed by atoms with Gasteiger partial charge in [0.1, 0.15) is 0 Å². The summed E-state index contributed by atoms with van der Waals surface area (Å²) in [5, 5.41) is 14.2. The van der Waals surface area contributed by atoms with E-state index in [-0.39, 0.29) is 24.0 Å². The Morgan fingerprint density at radius 2 is 2.04 bits per heavy atom. The van der Waals surface area contributed by atoms with Crippen molar-refractivity contribution in [2.24, 2.45) is 5.73 Å². The molecule has 0 bridgehead atoms. The van der Waals surface area contributed by atoms with Crippen LogP contribution in [0.4, 0.5) is 0 Å². The van der Waals surface area contributed by atoms with Crippen molar-refractivity contribution < 1.29 is 14.7 Å². The lowest BCUT2D eigenvalue weighted by Crippen LogP contribution is -2.42. The third-order valence-electron chi connectivity index (χ3n) is 5.47. The van der Waals surface area contributed by atoms with Gasteiger partial charge in [-0.25, -0.2) is 0 Å². The number of rotatable bonds is 5. The Morgan fingerprint density at radius 1 is 1.31 bits per heavy atom. The number of aliphatic hydroxyl groups excluding tert-OH is 1. The number of primary amides is 1. The van der Waals surface area contributed by atoms with E-state index in [4.69, 9.17) is 5.73 Å². The third kappa shape index (κ3) is 4.42. The first-order chi connectivity index (χ1) is 12.4. The highest BCUT2D eigenvalue weighted by molar-refractivity contribution is 5.79. The van der Waals surface area contributed by atoms with E-state index >= 15 is 0 Å². The van der Waals surface area contributed by atoms with Crippen LogP contribution in [0, 0.1) is 0 Å². The van der Waals surface area contributed by atoms with Crippen LogP contribution >= 0.6 is 0 Å². The van der Waals surface area contributed by atoms with Gasteiger partial charge in [0.05, 0.1) is 23.5 Å². The Morgan fingerprint density at radius 3 is 2.73 bits per heavy atom. The smallest absolute Gasteiger partial charge is 0.234 e. The fourth-order valence-electron chi connectivity index (χ4n) is 3.69. The van der Waals surface area contributed by atoms with Gasteiger partial charge in [-0.2, -0.15) is 5.10 Å². The molecule has 2 aliphatic heterocycles. The highest BCUT2D eigenvalue weighted by atomic mass is 16.3. The van der Waals surface area contributed by atoms with Gasteiger partial charge >= 0.3 is 0 Å². The number of piperidine rings is 1. The van der Waals surface area contributed by atoms with Crippen molar-refractivity contribution in [3.05, 3.63) is 17.5 Å². The van der Waals surface area contributed by atoms with Crippen LogP contribution in [0.1, 0.15) is 44.0 Å². The van der Waals surface area contributed by atoms with Crippen molar-refractivity contribution in [3.63, 3.8) is 0 Å². The van der Waals surface area contributed by atoms with Gasteiger partial charge in [-0.05, 0) is 32.3 Å². The summed E-state index contributed by atoms with van der Waals surface area (Å²) in [6.07, 6.45) is 3.03. The number of hydrogen-bond donors (Lipinski definition) is 2. The molecule has 1 atom stereocenters. The van der Waals surface area contributed by atoms with Gasteiger partial charge in [0, 0.05) is 45.6 Å². The lowest BCUT2D eigenvalue weighted by molar-refractivity contribution is -0.133. The zero-order valence-corrected chi connectivity index (χ0v) is 15.4. The van der Waals surface area contributed by atoms with Gasteiger partial charge in [0.15, 0.2) is 0 Å². The number of carbonyl (C=O) groups excluding carboxylic acids is 2. The average Bonchev–Trinajstić information content (AvgIpc) is 2.89. The van der Waals surface area contributed by atoms with Crippen molar-refractivity contribution in [1.29, 1.82) is 0 Å². The van der Waals surface area contributed by atoms with Gasteiger partial charge in [-0.1, -0.05) is 0 Å². The van der Waals surface area contributed by atoms with Crippen LogP contribution in [0.25, 0.3) is 0 Å². The molecule has 26 heavy (non-hydrogen) atoms. The molecule has 0 saturated carbocycles. The molecule has 1 saturated heterocycles. The summed E-state index contributed by atoms with van der Waals surface area (Å²) in [7, 11) is 0. The number of aryl methyl sites for hydroxylation is 2. The van der Waals surface area contributed by atoms with Crippen molar-refractivity contribution in [3.8, 4) is 0 Å². The van der Waals surface area contributed by atoms with Crippen molar-refractivity contribution in [2.75, 3.05) is 19.6 Å². The number of likely N-dealkylation sites (tertiary alicyclic amines) is 1. The van der Waals surface area contributed by atoms with Gasteiger partial charge in [-0.3, -0.25) is 19.2 Å². The zero-order valence-electron chi connectivity index (χ0n) is 15.4. The first-order valence-electron chi connectivity index (χ1n) is 9.49. The second kappa shape index (κ2) is 8.18. The molecule has 3 heterocycles. The van der Waals surface area contributed by atoms with Crippen LogP contribution in [0.5, 0.6) is 0 Å². The molecule has 3 rings (SSSR count). The molecule has 8 heteroatoms. The minimum Gasteiger partial charge on any atom is -0.393 e. The number of aromatic nitrogens is 2. The highest BCUT2D eigenvalue weighted by Crippen LogP contribution is 2.17. The summed E-state index contributed by atoms with van der Waals surface area (Å²) >= 11 is 0. The maximum absolute atomic E-state index is 12.3. The van der Waals surface area contributed by atoms with Gasteiger partial charge in [0.2, 0.25) is 11.8 Å². The molecule has 1 fully saturated rings. The zero-order chi connectivity index (χ0) is 18.7. The Balaban J connectivity index is 1.57. The molecule has 0 aromatic carbocycles. The van der Waals surface area contributed by atoms with Gasteiger partial charge < -0.3 is 15.7 Å². The number of fused-ring (bicyclic) bond motifs is 1. The molecular weight excluding hydrogens is 334 g/mol. The molecule has 8 nitrogen and oxygen atoms in total. The fourth-order valence-corrected chi connectivity index (χ4v) is 3.69. The van der Waals surface area contributed by atoms with E-state index in [0.717, 1.165) is 30.9 Å². The SMILES string of the molecule is C[C@@H](C(N)=O)N1CCCn2nc(CCC(=O)N3CCC(O)CC3)cc2C1. The number of nitrogens with zero attached hydrogens (tertiary/aromatic N) is 4. The van der Waals surface area contributed by atoms with E-state index in [1.807, 2.05) is 22.6 Å². The second-order valence-corrected chi connectivity index (χ2v) is 7.36. The molecule has 1 aromatic rings. The van der Waals surface area contributed by atoms with Crippen molar-refractivity contribution in [1.82, 2.24) is 19.6 Å². The molecule has 3 N–H and O–H groups in total. The second-order valence-electron chi connectivity index (χ2n) is 7.36. The monoisotopic (exact) mass is 363 g/mol. The third-order valence-corrected chi connectivity index (χ3v) is 5.47. The number of carbonyl (C=O) groups is 2. The first-order valence-corrected chi connectivity index (χ1v) is 9.49. The highest BCUT2D eigenvalue weighted by Gasteiger charge is 2.24. The standard InChI is InChI=1S/C18H29N5O3/c1-13(18(19)26)22-7-2-8-23-15(12-22)11-14(20-23)3-4-17(25)21-9-5-16(24)6-10-21/h11,13,16,24H,2-10,12H2,1H3,(H2,19,26)/t13-/m0/s1. The van der Waals surface area contributed by atoms with Gasteiger partial charge in [-0.15, -0.1) is 0 Å². The summed E-state index contributed by atoms with van der Waals surface area (Å²) in [6, 6.07) is 1.75.